The quantitative estimate of drug-likeness (QED) is 0.402. The average Bonchev–Trinajstić information content (AvgIpc) is 3.42. The van der Waals surface area contributed by atoms with Crippen LogP contribution in [0.3, 0.4) is 0 Å². The monoisotopic (exact) mass is 443 g/mol. The van der Waals surface area contributed by atoms with Crippen LogP contribution in [-0.4, -0.2) is 40.6 Å². The number of nitrogens with zero attached hydrogens (tertiary/aromatic N) is 3. The molecule has 0 spiro atoms. The number of hydrogen-bond donors (Lipinski definition) is 0. The molecule has 0 radical (unpaired) electrons. The molecule has 0 saturated carbocycles. The van der Waals surface area contributed by atoms with Crippen LogP contribution in [0.5, 0.6) is 11.5 Å². The fraction of sp³-hybridized carbons (Fsp3) is 0.333. The summed E-state index contributed by atoms with van der Waals surface area (Å²) in [7, 11) is 3.12. The van der Waals surface area contributed by atoms with Crippen LogP contribution in [0.4, 0.5) is 0 Å². The number of fused-ring (bicyclic) bond motifs is 1. The van der Waals surface area contributed by atoms with Gasteiger partial charge in [0.2, 0.25) is 0 Å². The van der Waals surface area contributed by atoms with Crippen molar-refractivity contribution in [3.05, 3.63) is 52.1 Å². The molecule has 9 nitrogen and oxygen atoms in total. The molecule has 162 valence electrons. The number of rotatable bonds is 7. The summed E-state index contributed by atoms with van der Waals surface area (Å²) in [5.74, 6) is 1.88. The van der Waals surface area contributed by atoms with Gasteiger partial charge in [0, 0.05) is 29.1 Å². The Balaban J connectivity index is 1.38. The minimum Gasteiger partial charge on any atom is -0.493 e. The minimum absolute atomic E-state index is 0.0245. The van der Waals surface area contributed by atoms with Gasteiger partial charge in [-0.2, -0.15) is 0 Å². The zero-order chi connectivity index (χ0) is 22.0. The Morgan fingerprint density at radius 3 is 2.84 bits per heavy atom. The third-order valence-electron chi connectivity index (χ3n) is 4.91. The van der Waals surface area contributed by atoms with E-state index in [2.05, 4.69) is 10.1 Å². The highest BCUT2D eigenvalue weighted by molar-refractivity contribution is 7.99. The van der Waals surface area contributed by atoms with Gasteiger partial charge >= 0.3 is 5.97 Å². The van der Waals surface area contributed by atoms with Gasteiger partial charge in [-0.15, -0.1) is 0 Å². The van der Waals surface area contributed by atoms with Gasteiger partial charge in [-0.3, -0.25) is 14.2 Å². The highest BCUT2D eigenvalue weighted by Gasteiger charge is 2.28. The molecule has 1 atom stereocenters. The first-order chi connectivity index (χ1) is 15.0. The summed E-state index contributed by atoms with van der Waals surface area (Å²) in [6.45, 7) is 1.69. The fourth-order valence-electron chi connectivity index (χ4n) is 3.28. The highest BCUT2D eigenvalue weighted by atomic mass is 32.2. The minimum atomic E-state index is -0.414. The maximum absolute atomic E-state index is 12.4. The van der Waals surface area contributed by atoms with Gasteiger partial charge < -0.3 is 18.7 Å². The molecule has 31 heavy (non-hydrogen) atoms. The number of benzene rings is 1. The summed E-state index contributed by atoms with van der Waals surface area (Å²) >= 11 is 1.46. The maximum atomic E-state index is 12.4. The number of aryl methyl sites for hydroxylation is 1. The molecule has 3 heterocycles. The first-order valence-electron chi connectivity index (χ1n) is 9.54. The lowest BCUT2D eigenvalue weighted by atomic mass is 10.1. The molecule has 0 fully saturated rings. The highest BCUT2D eigenvalue weighted by Crippen LogP contribution is 2.33. The van der Waals surface area contributed by atoms with E-state index in [4.69, 9.17) is 18.7 Å². The lowest BCUT2D eigenvalue weighted by Crippen LogP contribution is -2.27. The molecule has 1 aromatic carbocycles. The third kappa shape index (κ3) is 4.29. The predicted molar refractivity (Wildman–Crippen MR) is 112 cm³/mol. The van der Waals surface area contributed by atoms with Gasteiger partial charge in [-0.1, -0.05) is 16.9 Å². The molecule has 1 aliphatic rings. The molecule has 0 aliphatic carbocycles. The molecule has 0 bridgehead atoms. The molecule has 10 heteroatoms. The average molecular weight is 443 g/mol. The van der Waals surface area contributed by atoms with Crippen LogP contribution in [0.2, 0.25) is 0 Å². The van der Waals surface area contributed by atoms with Crippen LogP contribution in [0.1, 0.15) is 23.7 Å². The Hall–Kier alpha value is -3.27. The van der Waals surface area contributed by atoms with Crippen molar-refractivity contribution in [1.82, 2.24) is 14.7 Å². The van der Waals surface area contributed by atoms with Gasteiger partial charge in [0.1, 0.15) is 12.3 Å². The van der Waals surface area contributed by atoms with Crippen molar-refractivity contribution in [2.24, 2.45) is 0 Å². The van der Waals surface area contributed by atoms with Gasteiger partial charge in [0.15, 0.2) is 22.4 Å². The van der Waals surface area contributed by atoms with E-state index in [1.165, 1.54) is 11.8 Å². The number of thioether (sulfide) groups is 1. The molecule has 0 N–H and O–H groups in total. The van der Waals surface area contributed by atoms with Crippen LogP contribution in [0.25, 0.3) is 11.3 Å². The third-order valence-corrected chi connectivity index (χ3v) is 6.02. The number of aromatic nitrogens is 3. The molecule has 2 aromatic heterocycles. The summed E-state index contributed by atoms with van der Waals surface area (Å²) < 4.78 is 22.8. The molecular weight excluding hydrogens is 422 g/mol. The van der Waals surface area contributed by atoms with Crippen LogP contribution < -0.4 is 15.0 Å². The van der Waals surface area contributed by atoms with Gasteiger partial charge in [0.05, 0.1) is 26.7 Å². The molecule has 1 aliphatic heterocycles. The zero-order valence-corrected chi connectivity index (χ0v) is 18.1. The molecule has 3 aromatic rings. The smallest absolute Gasteiger partial charge is 0.308 e. The summed E-state index contributed by atoms with van der Waals surface area (Å²) in [5, 5.41) is 4.59. The van der Waals surface area contributed by atoms with Crippen molar-refractivity contribution in [1.29, 1.82) is 0 Å². The molecular formula is C21H21N3O6S. The van der Waals surface area contributed by atoms with E-state index in [0.29, 0.717) is 39.4 Å². The summed E-state index contributed by atoms with van der Waals surface area (Å²) in [6.07, 6.45) is 1.65. The lowest BCUT2D eigenvalue weighted by molar-refractivity contribution is -0.145. The topological polar surface area (TPSA) is 106 Å². The normalized spacial score (nSPS) is 14.9. The molecule has 0 saturated heterocycles. The Morgan fingerprint density at radius 1 is 1.26 bits per heavy atom. The van der Waals surface area contributed by atoms with Crippen LogP contribution in [0.15, 0.2) is 44.9 Å². The Labute approximate surface area is 182 Å². The lowest BCUT2D eigenvalue weighted by Gasteiger charge is -2.12. The number of hydrogen-bond acceptors (Lipinski definition) is 9. The van der Waals surface area contributed by atoms with E-state index >= 15 is 0 Å². The van der Waals surface area contributed by atoms with E-state index in [1.807, 2.05) is 6.07 Å². The second-order valence-electron chi connectivity index (χ2n) is 6.98. The van der Waals surface area contributed by atoms with Gasteiger partial charge in [0.25, 0.3) is 5.56 Å². The van der Waals surface area contributed by atoms with Crippen LogP contribution in [0, 0.1) is 6.92 Å². The summed E-state index contributed by atoms with van der Waals surface area (Å²) in [5.41, 5.74) is 1.66. The standard InChI is InChI=1S/C21H21N3O6S/c1-12-9-22-21-24(20(12)26)15(11-31-21)8-19(25)29-10-14-7-17(30-23-14)13-4-5-16(27-2)18(6-13)28-3/h4-7,9,15H,8,10-11H2,1-3H3. The maximum Gasteiger partial charge on any atom is 0.308 e. The van der Waals surface area contributed by atoms with Crippen molar-refractivity contribution in [3.63, 3.8) is 0 Å². The van der Waals surface area contributed by atoms with Crippen molar-refractivity contribution < 1.29 is 23.5 Å². The second kappa shape index (κ2) is 8.84. The van der Waals surface area contributed by atoms with E-state index < -0.39 is 5.97 Å². The number of esters is 1. The fourth-order valence-corrected chi connectivity index (χ4v) is 4.39. The van der Waals surface area contributed by atoms with Gasteiger partial charge in [-0.05, 0) is 25.1 Å². The largest absolute Gasteiger partial charge is 0.493 e. The number of ether oxygens (including phenoxy) is 3. The first-order valence-corrected chi connectivity index (χ1v) is 10.5. The van der Waals surface area contributed by atoms with Crippen LogP contribution >= 0.6 is 11.8 Å². The molecule has 1 unspecified atom stereocenters. The van der Waals surface area contributed by atoms with Crippen molar-refractivity contribution >= 4 is 17.7 Å². The van der Waals surface area contributed by atoms with E-state index in [0.717, 1.165) is 5.56 Å². The van der Waals surface area contributed by atoms with E-state index in [9.17, 15) is 9.59 Å². The van der Waals surface area contributed by atoms with E-state index in [-0.39, 0.29) is 24.6 Å². The van der Waals surface area contributed by atoms with Crippen LogP contribution in [-0.2, 0) is 16.1 Å². The molecule has 0 amide bonds. The Bertz CT molecular complexity index is 1170. The zero-order valence-electron chi connectivity index (χ0n) is 17.3. The Kier molecular flexibility index (Phi) is 5.99. The Morgan fingerprint density at radius 2 is 2.06 bits per heavy atom. The van der Waals surface area contributed by atoms with E-state index in [1.54, 1.807) is 50.1 Å². The number of carbonyl (C=O) groups excluding carboxylic acids is 1. The summed E-state index contributed by atoms with van der Waals surface area (Å²) in [6, 6.07) is 6.80. The van der Waals surface area contributed by atoms with Crippen molar-refractivity contribution in [2.75, 3.05) is 20.0 Å². The SMILES string of the molecule is COc1ccc(-c2cc(COC(=O)CC3CSc4ncc(C)c(=O)n43)no2)cc1OC. The first kappa shape index (κ1) is 21.0. The van der Waals surface area contributed by atoms with Crippen molar-refractivity contribution in [3.8, 4) is 22.8 Å². The molecule has 4 rings (SSSR count). The number of methoxy groups -OCH3 is 2. The predicted octanol–water partition coefficient (Wildman–Crippen LogP) is 3.00. The summed E-state index contributed by atoms with van der Waals surface area (Å²) in [4.78, 5) is 29.0. The van der Waals surface area contributed by atoms with Gasteiger partial charge in [-0.25, -0.2) is 4.98 Å². The number of carbonyl (C=O) groups is 1. The second-order valence-corrected chi connectivity index (χ2v) is 7.97. The van der Waals surface area contributed by atoms with Crippen molar-refractivity contribution in [2.45, 2.75) is 31.1 Å².